The number of rotatable bonds is 4. The number of fused-ring (bicyclic) bond motifs is 1. The van der Waals surface area contributed by atoms with Crippen LogP contribution in [0.5, 0.6) is 0 Å². The molecule has 20 heavy (non-hydrogen) atoms. The van der Waals surface area contributed by atoms with Crippen LogP contribution in [0.4, 0.5) is 5.69 Å². The summed E-state index contributed by atoms with van der Waals surface area (Å²) in [5.74, 6) is 0.311. The van der Waals surface area contributed by atoms with Gasteiger partial charge in [0.15, 0.2) is 5.69 Å². The predicted octanol–water partition coefficient (Wildman–Crippen LogP) is 2.29. The molecule has 1 heterocycles. The van der Waals surface area contributed by atoms with Crippen LogP contribution in [-0.2, 0) is 0 Å². The van der Waals surface area contributed by atoms with Crippen molar-refractivity contribution in [2.75, 3.05) is 11.9 Å². The number of hydrogen-bond acceptors (Lipinski definition) is 5. The highest BCUT2D eigenvalue weighted by Crippen LogP contribution is 2.29. The van der Waals surface area contributed by atoms with E-state index in [1.807, 2.05) is 31.2 Å². The van der Waals surface area contributed by atoms with Gasteiger partial charge < -0.3 is 11.1 Å². The molecule has 0 aliphatic heterocycles. The van der Waals surface area contributed by atoms with E-state index in [0.29, 0.717) is 23.8 Å². The number of nitrogens with one attached hydrogen (secondary N) is 1. The first-order chi connectivity index (χ1) is 9.51. The van der Waals surface area contributed by atoms with Crippen molar-refractivity contribution in [1.29, 1.82) is 5.26 Å². The largest absolute Gasteiger partial charge is 0.375 e. The first-order valence-electron chi connectivity index (χ1n) is 6.65. The van der Waals surface area contributed by atoms with Crippen LogP contribution in [0.15, 0.2) is 24.3 Å². The standard InChI is InChI=1S/C15H19N5/c1-10(2)15(3,9-17)18-14-11-6-4-5-7-12(11)19-20-13(14)8-16/h4-7,10H,9,17H2,1-3H3,(H,18,19). The number of hydrogen-bond donors (Lipinski definition) is 2. The Morgan fingerprint density at radius 3 is 2.65 bits per heavy atom. The third-order valence-corrected chi connectivity index (χ3v) is 3.88. The van der Waals surface area contributed by atoms with Gasteiger partial charge in [-0.1, -0.05) is 32.0 Å². The van der Waals surface area contributed by atoms with E-state index >= 15 is 0 Å². The van der Waals surface area contributed by atoms with Crippen molar-refractivity contribution in [3.63, 3.8) is 0 Å². The average molecular weight is 269 g/mol. The van der Waals surface area contributed by atoms with Gasteiger partial charge in [-0.05, 0) is 18.9 Å². The van der Waals surface area contributed by atoms with Gasteiger partial charge in [-0.15, -0.1) is 10.2 Å². The second kappa shape index (κ2) is 5.43. The molecule has 0 aliphatic rings. The molecular weight excluding hydrogens is 250 g/mol. The van der Waals surface area contributed by atoms with E-state index in [-0.39, 0.29) is 5.54 Å². The lowest BCUT2D eigenvalue weighted by Crippen LogP contribution is -2.47. The first-order valence-corrected chi connectivity index (χ1v) is 6.65. The highest BCUT2D eigenvalue weighted by atomic mass is 15.1. The molecule has 5 heteroatoms. The van der Waals surface area contributed by atoms with E-state index < -0.39 is 0 Å². The average Bonchev–Trinajstić information content (AvgIpc) is 2.47. The summed E-state index contributed by atoms with van der Waals surface area (Å²) in [6.45, 7) is 6.71. The fraction of sp³-hybridized carbons (Fsp3) is 0.400. The molecule has 1 unspecified atom stereocenters. The smallest absolute Gasteiger partial charge is 0.186 e. The minimum Gasteiger partial charge on any atom is -0.375 e. The van der Waals surface area contributed by atoms with Gasteiger partial charge in [0.1, 0.15) is 6.07 Å². The number of nitrogens with two attached hydrogens (primary N) is 1. The van der Waals surface area contributed by atoms with Crippen LogP contribution in [0.1, 0.15) is 26.5 Å². The van der Waals surface area contributed by atoms with Crippen molar-refractivity contribution in [3.8, 4) is 6.07 Å². The normalized spacial score (nSPS) is 14.0. The third kappa shape index (κ3) is 2.43. The Kier molecular flexibility index (Phi) is 3.86. The second-order valence-electron chi connectivity index (χ2n) is 5.45. The van der Waals surface area contributed by atoms with Gasteiger partial charge in [0.05, 0.1) is 11.2 Å². The van der Waals surface area contributed by atoms with Crippen LogP contribution in [-0.4, -0.2) is 22.3 Å². The summed E-state index contributed by atoms with van der Waals surface area (Å²) in [6, 6.07) is 9.73. The molecule has 2 rings (SSSR count). The molecule has 0 saturated carbocycles. The first kappa shape index (κ1) is 14.2. The maximum absolute atomic E-state index is 9.26. The van der Waals surface area contributed by atoms with Crippen LogP contribution in [0, 0.1) is 17.2 Å². The Morgan fingerprint density at radius 1 is 1.35 bits per heavy atom. The SMILES string of the molecule is CC(C)C(C)(CN)Nc1c(C#N)nnc2ccccc12. The number of aromatic nitrogens is 2. The lowest BCUT2D eigenvalue weighted by Gasteiger charge is -2.35. The minimum atomic E-state index is -0.308. The third-order valence-electron chi connectivity index (χ3n) is 3.88. The topological polar surface area (TPSA) is 87.6 Å². The predicted molar refractivity (Wildman–Crippen MR) is 80.2 cm³/mol. The molecule has 2 aromatic rings. The maximum Gasteiger partial charge on any atom is 0.186 e. The molecule has 0 radical (unpaired) electrons. The summed E-state index contributed by atoms with van der Waals surface area (Å²) in [5, 5.41) is 21.6. The number of nitriles is 1. The van der Waals surface area contributed by atoms with E-state index in [4.69, 9.17) is 5.73 Å². The molecule has 104 valence electrons. The van der Waals surface area contributed by atoms with Gasteiger partial charge in [-0.25, -0.2) is 0 Å². The molecular formula is C15H19N5. The van der Waals surface area contributed by atoms with Gasteiger partial charge in [0.2, 0.25) is 0 Å². The molecule has 0 saturated heterocycles. The highest BCUT2D eigenvalue weighted by Gasteiger charge is 2.28. The zero-order valence-corrected chi connectivity index (χ0v) is 12.0. The summed E-state index contributed by atoms with van der Waals surface area (Å²) in [5.41, 5.74) is 7.37. The molecule has 0 fully saturated rings. The summed E-state index contributed by atoms with van der Waals surface area (Å²) in [7, 11) is 0. The number of nitrogens with zero attached hydrogens (tertiary/aromatic N) is 3. The Balaban J connectivity index is 2.60. The minimum absolute atomic E-state index is 0.295. The number of benzene rings is 1. The van der Waals surface area contributed by atoms with E-state index in [1.165, 1.54) is 0 Å². The monoisotopic (exact) mass is 269 g/mol. The maximum atomic E-state index is 9.26. The Morgan fingerprint density at radius 2 is 2.05 bits per heavy atom. The quantitative estimate of drug-likeness (QED) is 0.889. The molecule has 5 nitrogen and oxygen atoms in total. The van der Waals surface area contributed by atoms with Gasteiger partial charge in [-0.3, -0.25) is 0 Å². The van der Waals surface area contributed by atoms with Crippen molar-refractivity contribution in [1.82, 2.24) is 10.2 Å². The molecule has 3 N–H and O–H groups in total. The summed E-state index contributed by atoms with van der Waals surface area (Å²) >= 11 is 0. The second-order valence-corrected chi connectivity index (χ2v) is 5.45. The van der Waals surface area contributed by atoms with Gasteiger partial charge in [-0.2, -0.15) is 5.26 Å². The summed E-state index contributed by atoms with van der Waals surface area (Å²) in [4.78, 5) is 0. The van der Waals surface area contributed by atoms with Gasteiger partial charge in [0.25, 0.3) is 0 Å². The van der Waals surface area contributed by atoms with Gasteiger partial charge >= 0.3 is 0 Å². The number of anilines is 1. The van der Waals surface area contributed by atoms with Crippen molar-refractivity contribution < 1.29 is 0 Å². The molecule has 1 atom stereocenters. The lowest BCUT2D eigenvalue weighted by atomic mass is 9.88. The van der Waals surface area contributed by atoms with Crippen molar-refractivity contribution in [2.45, 2.75) is 26.3 Å². The lowest BCUT2D eigenvalue weighted by molar-refractivity contribution is 0.382. The van der Waals surface area contributed by atoms with Crippen LogP contribution in [0.2, 0.25) is 0 Å². The van der Waals surface area contributed by atoms with Crippen molar-refractivity contribution in [2.24, 2.45) is 11.7 Å². The van der Waals surface area contributed by atoms with E-state index in [0.717, 1.165) is 10.9 Å². The Labute approximate surface area is 118 Å². The summed E-state index contributed by atoms with van der Waals surface area (Å²) in [6.07, 6.45) is 0. The van der Waals surface area contributed by atoms with Crippen molar-refractivity contribution in [3.05, 3.63) is 30.0 Å². The molecule has 0 amide bonds. The zero-order chi connectivity index (χ0) is 14.8. The van der Waals surface area contributed by atoms with Crippen molar-refractivity contribution >= 4 is 16.6 Å². The van der Waals surface area contributed by atoms with Crippen LogP contribution < -0.4 is 11.1 Å². The Bertz CT molecular complexity index is 659. The molecule has 1 aromatic heterocycles. The molecule has 1 aromatic carbocycles. The van der Waals surface area contributed by atoms with Crippen LogP contribution >= 0.6 is 0 Å². The molecule has 0 aliphatic carbocycles. The van der Waals surface area contributed by atoms with E-state index in [9.17, 15) is 5.26 Å². The Hall–Kier alpha value is -2.19. The fourth-order valence-corrected chi connectivity index (χ4v) is 1.98. The zero-order valence-electron chi connectivity index (χ0n) is 12.0. The van der Waals surface area contributed by atoms with Crippen LogP contribution in [0.25, 0.3) is 10.9 Å². The van der Waals surface area contributed by atoms with E-state index in [2.05, 4.69) is 35.4 Å². The van der Waals surface area contributed by atoms with Gasteiger partial charge in [0, 0.05) is 17.5 Å². The highest BCUT2D eigenvalue weighted by molar-refractivity contribution is 5.93. The molecule has 0 bridgehead atoms. The van der Waals surface area contributed by atoms with Crippen LogP contribution in [0.3, 0.4) is 0 Å². The molecule has 0 spiro atoms. The summed E-state index contributed by atoms with van der Waals surface area (Å²) < 4.78 is 0. The fourth-order valence-electron chi connectivity index (χ4n) is 1.98. The van der Waals surface area contributed by atoms with E-state index in [1.54, 1.807) is 0 Å².